The average Bonchev–Trinajstić information content (AvgIpc) is 3.19. The lowest BCUT2D eigenvalue weighted by Gasteiger charge is -2.23. The van der Waals surface area contributed by atoms with Crippen molar-refractivity contribution in [1.82, 2.24) is 4.57 Å². The summed E-state index contributed by atoms with van der Waals surface area (Å²) in [4.78, 5) is 0. The molecule has 0 bridgehead atoms. The Kier molecular flexibility index (Phi) is 2.68. The zero-order chi connectivity index (χ0) is 19.3. The SMILES string of the molecule is CC1(C)c2ccccc2-c2cc3c4cccc5c4n(c3cc21)-c1ccccc1C5. The van der Waals surface area contributed by atoms with Crippen LogP contribution in [0.2, 0.25) is 0 Å². The van der Waals surface area contributed by atoms with Gasteiger partial charge in [-0.25, -0.2) is 0 Å². The summed E-state index contributed by atoms with van der Waals surface area (Å²) in [7, 11) is 0. The second kappa shape index (κ2) is 4.99. The zero-order valence-corrected chi connectivity index (χ0v) is 16.7. The molecule has 0 spiro atoms. The van der Waals surface area contributed by atoms with Gasteiger partial charge in [-0.15, -0.1) is 0 Å². The van der Waals surface area contributed by atoms with Gasteiger partial charge in [0.1, 0.15) is 0 Å². The highest BCUT2D eigenvalue weighted by molar-refractivity contribution is 6.13. The number of benzene rings is 4. The number of fused-ring (bicyclic) bond motifs is 8. The van der Waals surface area contributed by atoms with Gasteiger partial charge in [-0.1, -0.05) is 74.5 Å². The standard InChI is InChI=1S/C28H21N/c1-28(2)23-12-5-4-10-19(23)21-15-22-20-11-7-9-18-14-17-8-3-6-13-25(17)29(27(18)20)26(22)16-24(21)28/h3-13,15-16H,14H2,1-2H3. The van der Waals surface area contributed by atoms with Gasteiger partial charge in [0.2, 0.25) is 0 Å². The molecular formula is C28H21N. The lowest BCUT2D eigenvalue weighted by Crippen LogP contribution is -2.15. The molecule has 1 aliphatic carbocycles. The molecule has 7 rings (SSSR count). The van der Waals surface area contributed by atoms with E-state index in [0.717, 1.165) is 6.42 Å². The van der Waals surface area contributed by atoms with Crippen LogP contribution in [-0.2, 0) is 11.8 Å². The number of hydrogen-bond donors (Lipinski definition) is 0. The van der Waals surface area contributed by atoms with Crippen molar-refractivity contribution in [2.45, 2.75) is 25.7 Å². The van der Waals surface area contributed by atoms with Gasteiger partial charge >= 0.3 is 0 Å². The minimum Gasteiger partial charge on any atom is -0.309 e. The van der Waals surface area contributed by atoms with Crippen LogP contribution in [0.4, 0.5) is 0 Å². The third-order valence-electron chi connectivity index (χ3n) is 7.19. The van der Waals surface area contributed by atoms with E-state index < -0.39 is 0 Å². The number of nitrogens with zero attached hydrogens (tertiary/aromatic N) is 1. The molecule has 1 heteroatoms. The summed E-state index contributed by atoms with van der Waals surface area (Å²) in [5, 5.41) is 2.74. The van der Waals surface area contributed by atoms with Crippen LogP contribution in [0.25, 0.3) is 38.6 Å². The predicted octanol–water partition coefficient (Wildman–Crippen LogP) is 6.99. The smallest absolute Gasteiger partial charge is 0.0576 e. The van der Waals surface area contributed by atoms with Crippen LogP contribution in [0.5, 0.6) is 0 Å². The van der Waals surface area contributed by atoms with Crippen molar-refractivity contribution >= 4 is 21.8 Å². The second-order valence-corrected chi connectivity index (χ2v) is 9.04. The van der Waals surface area contributed by atoms with Crippen LogP contribution in [0, 0.1) is 0 Å². The summed E-state index contributed by atoms with van der Waals surface area (Å²) in [6.45, 7) is 4.73. The van der Waals surface area contributed by atoms with Crippen molar-refractivity contribution in [2.75, 3.05) is 0 Å². The Bertz CT molecular complexity index is 1500. The second-order valence-electron chi connectivity index (χ2n) is 9.04. The van der Waals surface area contributed by atoms with Crippen LogP contribution >= 0.6 is 0 Å². The van der Waals surface area contributed by atoms with E-state index in [9.17, 15) is 0 Å². The fraction of sp³-hybridized carbons (Fsp3) is 0.143. The van der Waals surface area contributed by atoms with Crippen molar-refractivity contribution in [2.24, 2.45) is 0 Å². The van der Waals surface area contributed by atoms with Crippen molar-refractivity contribution in [3.05, 3.63) is 101 Å². The molecule has 1 aliphatic heterocycles. The Balaban J connectivity index is 1.69. The van der Waals surface area contributed by atoms with Gasteiger partial charge in [-0.3, -0.25) is 0 Å². The van der Waals surface area contributed by atoms with Gasteiger partial charge in [-0.2, -0.15) is 0 Å². The summed E-state index contributed by atoms with van der Waals surface area (Å²) in [6.07, 6.45) is 1.01. The average molecular weight is 371 g/mol. The molecule has 2 aliphatic rings. The van der Waals surface area contributed by atoms with Gasteiger partial charge in [0.05, 0.1) is 11.0 Å². The highest BCUT2D eigenvalue weighted by Crippen LogP contribution is 2.51. The van der Waals surface area contributed by atoms with Gasteiger partial charge in [0, 0.05) is 28.3 Å². The maximum atomic E-state index is 2.51. The molecule has 0 amide bonds. The summed E-state index contributed by atoms with van der Waals surface area (Å²) >= 11 is 0. The van der Waals surface area contributed by atoms with Crippen molar-refractivity contribution in [3.63, 3.8) is 0 Å². The van der Waals surface area contributed by atoms with E-state index in [4.69, 9.17) is 0 Å². The van der Waals surface area contributed by atoms with E-state index >= 15 is 0 Å². The highest BCUT2D eigenvalue weighted by Gasteiger charge is 2.36. The molecule has 1 aromatic heterocycles. The monoisotopic (exact) mass is 371 g/mol. The number of aromatic nitrogens is 1. The normalized spacial score (nSPS) is 15.4. The fourth-order valence-corrected chi connectivity index (χ4v) is 5.81. The Morgan fingerprint density at radius 1 is 0.690 bits per heavy atom. The van der Waals surface area contributed by atoms with Gasteiger partial charge in [0.15, 0.2) is 0 Å². The first kappa shape index (κ1) is 15.6. The topological polar surface area (TPSA) is 4.93 Å². The van der Waals surface area contributed by atoms with Crippen LogP contribution in [-0.4, -0.2) is 4.57 Å². The minimum absolute atomic E-state index is 0.0217. The van der Waals surface area contributed by atoms with E-state index in [1.54, 1.807) is 0 Å². The number of hydrogen-bond acceptors (Lipinski definition) is 0. The van der Waals surface area contributed by atoms with Crippen LogP contribution in [0.3, 0.4) is 0 Å². The van der Waals surface area contributed by atoms with Crippen molar-refractivity contribution < 1.29 is 0 Å². The first-order chi connectivity index (χ1) is 14.1. The Labute approximate surface area is 170 Å². The fourth-order valence-electron chi connectivity index (χ4n) is 5.81. The molecule has 1 nitrogen and oxygen atoms in total. The first-order valence-corrected chi connectivity index (χ1v) is 10.4. The minimum atomic E-state index is 0.0217. The van der Waals surface area contributed by atoms with Gasteiger partial charge in [-0.05, 0) is 51.6 Å². The molecule has 0 fully saturated rings. The van der Waals surface area contributed by atoms with Gasteiger partial charge in [0.25, 0.3) is 0 Å². The van der Waals surface area contributed by atoms with Gasteiger partial charge < -0.3 is 4.57 Å². The Morgan fingerprint density at radius 3 is 2.41 bits per heavy atom. The van der Waals surface area contributed by atoms with E-state index in [1.807, 2.05) is 0 Å². The van der Waals surface area contributed by atoms with E-state index in [0.29, 0.717) is 0 Å². The molecule has 0 N–H and O–H groups in total. The third kappa shape index (κ3) is 1.77. The predicted molar refractivity (Wildman–Crippen MR) is 121 cm³/mol. The molecule has 2 heterocycles. The van der Waals surface area contributed by atoms with Crippen molar-refractivity contribution in [1.29, 1.82) is 0 Å². The third-order valence-corrected chi connectivity index (χ3v) is 7.19. The molecule has 138 valence electrons. The largest absolute Gasteiger partial charge is 0.309 e. The zero-order valence-electron chi connectivity index (χ0n) is 16.7. The van der Waals surface area contributed by atoms with Crippen LogP contribution in [0.15, 0.2) is 78.9 Å². The molecule has 29 heavy (non-hydrogen) atoms. The molecule has 0 radical (unpaired) electrons. The highest BCUT2D eigenvalue weighted by atomic mass is 15.0. The summed E-state index contributed by atoms with van der Waals surface area (Å²) in [5.74, 6) is 0. The molecular weight excluding hydrogens is 350 g/mol. The summed E-state index contributed by atoms with van der Waals surface area (Å²) in [5.41, 5.74) is 12.6. The molecule has 5 aromatic rings. The van der Waals surface area contributed by atoms with E-state index in [-0.39, 0.29) is 5.41 Å². The van der Waals surface area contributed by atoms with E-state index in [2.05, 4.69) is 97.3 Å². The molecule has 4 aromatic carbocycles. The van der Waals surface area contributed by atoms with Crippen LogP contribution < -0.4 is 0 Å². The first-order valence-electron chi connectivity index (χ1n) is 10.4. The maximum absolute atomic E-state index is 2.51. The van der Waals surface area contributed by atoms with Crippen LogP contribution in [0.1, 0.15) is 36.1 Å². The lowest BCUT2D eigenvalue weighted by atomic mass is 9.82. The quantitative estimate of drug-likeness (QED) is 0.271. The van der Waals surface area contributed by atoms with E-state index in [1.165, 1.54) is 60.9 Å². The lowest BCUT2D eigenvalue weighted by molar-refractivity contribution is 0.661. The summed E-state index contributed by atoms with van der Waals surface area (Å²) < 4.78 is 2.51. The Morgan fingerprint density at radius 2 is 1.48 bits per heavy atom. The number of rotatable bonds is 0. The number of para-hydroxylation sites is 2. The molecule has 0 saturated heterocycles. The summed E-state index contributed by atoms with van der Waals surface area (Å²) in [6, 6.07) is 29.5. The van der Waals surface area contributed by atoms with Crippen molar-refractivity contribution in [3.8, 4) is 16.8 Å². The molecule has 0 saturated carbocycles. The Hall–Kier alpha value is -3.32. The molecule has 0 unspecified atom stereocenters. The molecule has 0 atom stereocenters. The maximum Gasteiger partial charge on any atom is 0.0576 e.